The zero-order valence-corrected chi connectivity index (χ0v) is 12.7. The molecule has 2 amide bonds. The number of carbonyl (C=O) groups excluding carboxylic acids is 2. The highest BCUT2D eigenvalue weighted by molar-refractivity contribution is 5.95. The maximum atomic E-state index is 13.5. The van der Waals surface area contributed by atoms with Gasteiger partial charge >= 0.3 is 0 Å². The molecule has 0 saturated carbocycles. The SMILES string of the molecule is CCN(CC)C(=O)CCNC(=O)c1cc(N)c(C)c(F)c1. The number of halogens is 1. The first kappa shape index (κ1) is 16.9. The van der Waals surface area contributed by atoms with Crippen molar-refractivity contribution >= 4 is 17.5 Å². The summed E-state index contributed by atoms with van der Waals surface area (Å²) in [5.41, 5.74) is 6.35. The molecule has 0 atom stereocenters. The Morgan fingerprint density at radius 2 is 1.90 bits per heavy atom. The van der Waals surface area contributed by atoms with Gasteiger partial charge in [-0.2, -0.15) is 0 Å². The lowest BCUT2D eigenvalue weighted by atomic mass is 10.1. The smallest absolute Gasteiger partial charge is 0.251 e. The highest BCUT2D eigenvalue weighted by Gasteiger charge is 2.13. The molecule has 21 heavy (non-hydrogen) atoms. The Kier molecular flexibility index (Phi) is 6.14. The minimum atomic E-state index is -0.514. The van der Waals surface area contributed by atoms with E-state index in [-0.39, 0.29) is 30.1 Å². The first-order valence-corrected chi connectivity index (χ1v) is 7.02. The summed E-state index contributed by atoms with van der Waals surface area (Å²) in [5, 5.41) is 2.60. The molecular weight excluding hydrogens is 273 g/mol. The van der Waals surface area contributed by atoms with Crippen molar-refractivity contribution in [3.63, 3.8) is 0 Å². The second kappa shape index (κ2) is 7.61. The van der Waals surface area contributed by atoms with Crippen LogP contribution >= 0.6 is 0 Å². The van der Waals surface area contributed by atoms with Crippen LogP contribution in [0.15, 0.2) is 12.1 Å². The van der Waals surface area contributed by atoms with Gasteiger partial charge in [-0.25, -0.2) is 4.39 Å². The third-order valence-corrected chi connectivity index (χ3v) is 3.39. The van der Waals surface area contributed by atoms with Crippen molar-refractivity contribution in [2.24, 2.45) is 0 Å². The molecule has 0 saturated heterocycles. The molecule has 116 valence electrons. The minimum absolute atomic E-state index is 0.0186. The summed E-state index contributed by atoms with van der Waals surface area (Å²) in [6.45, 7) is 6.85. The molecule has 1 rings (SSSR count). The molecule has 0 spiro atoms. The lowest BCUT2D eigenvalue weighted by Gasteiger charge is -2.18. The van der Waals surface area contributed by atoms with Crippen molar-refractivity contribution in [3.8, 4) is 0 Å². The molecule has 0 heterocycles. The molecule has 1 aromatic carbocycles. The summed E-state index contributed by atoms with van der Waals surface area (Å²) in [7, 11) is 0. The van der Waals surface area contributed by atoms with Gasteiger partial charge in [0.15, 0.2) is 0 Å². The van der Waals surface area contributed by atoms with E-state index in [1.165, 1.54) is 6.07 Å². The number of nitrogens with one attached hydrogen (secondary N) is 1. The Bertz CT molecular complexity index is 505. The van der Waals surface area contributed by atoms with E-state index in [0.717, 1.165) is 6.07 Å². The van der Waals surface area contributed by atoms with Crippen LogP contribution in [0.25, 0.3) is 0 Å². The Balaban J connectivity index is 2.57. The van der Waals surface area contributed by atoms with Gasteiger partial charge in [-0.05, 0) is 32.9 Å². The van der Waals surface area contributed by atoms with Gasteiger partial charge in [0, 0.05) is 42.9 Å². The number of nitrogens with zero attached hydrogens (tertiary/aromatic N) is 1. The molecule has 3 N–H and O–H groups in total. The monoisotopic (exact) mass is 295 g/mol. The molecule has 1 aromatic rings. The number of benzene rings is 1. The normalized spacial score (nSPS) is 10.3. The van der Waals surface area contributed by atoms with Crippen molar-refractivity contribution in [3.05, 3.63) is 29.1 Å². The second-order valence-electron chi connectivity index (χ2n) is 4.74. The van der Waals surface area contributed by atoms with Crippen LogP contribution in [0, 0.1) is 12.7 Å². The number of hydrogen-bond acceptors (Lipinski definition) is 3. The third-order valence-electron chi connectivity index (χ3n) is 3.39. The van der Waals surface area contributed by atoms with E-state index >= 15 is 0 Å². The molecule has 0 aliphatic rings. The first-order valence-electron chi connectivity index (χ1n) is 7.02. The molecule has 0 bridgehead atoms. The van der Waals surface area contributed by atoms with Crippen LogP contribution in [-0.2, 0) is 4.79 Å². The topological polar surface area (TPSA) is 75.4 Å². The predicted octanol–water partition coefficient (Wildman–Crippen LogP) is 1.70. The van der Waals surface area contributed by atoms with Crippen molar-refractivity contribution in [2.75, 3.05) is 25.4 Å². The summed E-state index contributed by atoms with van der Waals surface area (Å²) in [5.74, 6) is -0.970. The molecule has 0 aliphatic carbocycles. The Morgan fingerprint density at radius 3 is 2.43 bits per heavy atom. The van der Waals surface area contributed by atoms with Gasteiger partial charge in [0.1, 0.15) is 5.82 Å². The molecule has 0 aromatic heterocycles. The Labute approximate surface area is 124 Å². The van der Waals surface area contributed by atoms with Crippen molar-refractivity contribution in [1.82, 2.24) is 10.2 Å². The van der Waals surface area contributed by atoms with Crippen LogP contribution in [-0.4, -0.2) is 36.3 Å². The summed E-state index contributed by atoms with van der Waals surface area (Å²) in [6.07, 6.45) is 0.219. The van der Waals surface area contributed by atoms with E-state index < -0.39 is 11.7 Å². The average molecular weight is 295 g/mol. The number of anilines is 1. The highest BCUT2D eigenvalue weighted by Crippen LogP contribution is 2.17. The van der Waals surface area contributed by atoms with Crippen LogP contribution in [0.4, 0.5) is 10.1 Å². The quantitative estimate of drug-likeness (QED) is 0.784. The highest BCUT2D eigenvalue weighted by atomic mass is 19.1. The molecule has 0 radical (unpaired) electrons. The third kappa shape index (κ3) is 4.44. The van der Waals surface area contributed by atoms with Crippen molar-refractivity contribution < 1.29 is 14.0 Å². The minimum Gasteiger partial charge on any atom is -0.398 e. The number of nitrogens with two attached hydrogens (primary N) is 1. The van der Waals surface area contributed by atoms with E-state index in [4.69, 9.17) is 5.73 Å². The zero-order chi connectivity index (χ0) is 16.0. The summed E-state index contributed by atoms with van der Waals surface area (Å²) in [4.78, 5) is 25.4. The number of amides is 2. The van der Waals surface area contributed by atoms with Gasteiger partial charge in [0.2, 0.25) is 5.91 Å². The molecule has 0 unspecified atom stereocenters. The molecule has 6 heteroatoms. The largest absolute Gasteiger partial charge is 0.398 e. The van der Waals surface area contributed by atoms with Crippen LogP contribution in [0.1, 0.15) is 36.2 Å². The fourth-order valence-electron chi connectivity index (χ4n) is 1.95. The van der Waals surface area contributed by atoms with Gasteiger partial charge in [-0.1, -0.05) is 0 Å². The summed E-state index contributed by atoms with van der Waals surface area (Å²) in [6, 6.07) is 2.58. The maximum Gasteiger partial charge on any atom is 0.251 e. The molecular formula is C15H22FN3O2. The van der Waals surface area contributed by atoms with Gasteiger partial charge in [-0.15, -0.1) is 0 Å². The van der Waals surface area contributed by atoms with Crippen LogP contribution < -0.4 is 11.1 Å². The van der Waals surface area contributed by atoms with E-state index in [1.54, 1.807) is 11.8 Å². The van der Waals surface area contributed by atoms with Crippen LogP contribution in [0.5, 0.6) is 0 Å². The second-order valence-corrected chi connectivity index (χ2v) is 4.74. The predicted molar refractivity (Wildman–Crippen MR) is 80.4 cm³/mol. The molecule has 0 fully saturated rings. The number of rotatable bonds is 6. The van der Waals surface area contributed by atoms with Crippen molar-refractivity contribution in [2.45, 2.75) is 27.2 Å². The standard InChI is InChI=1S/C15H22FN3O2/c1-4-19(5-2)14(20)6-7-18-15(21)11-8-12(16)10(3)13(17)9-11/h8-9H,4-7,17H2,1-3H3,(H,18,21). The van der Waals surface area contributed by atoms with E-state index in [0.29, 0.717) is 18.7 Å². The van der Waals surface area contributed by atoms with Gasteiger partial charge in [0.05, 0.1) is 0 Å². The first-order chi connectivity index (χ1) is 9.90. The lowest BCUT2D eigenvalue weighted by molar-refractivity contribution is -0.130. The number of nitrogen functional groups attached to an aromatic ring is 1. The number of hydrogen-bond donors (Lipinski definition) is 2. The van der Waals surface area contributed by atoms with Gasteiger partial charge in [0.25, 0.3) is 5.91 Å². The summed E-state index contributed by atoms with van der Waals surface area (Å²) >= 11 is 0. The Morgan fingerprint density at radius 1 is 1.29 bits per heavy atom. The fraction of sp³-hybridized carbons (Fsp3) is 0.467. The lowest BCUT2D eigenvalue weighted by Crippen LogP contribution is -2.34. The molecule has 0 aliphatic heterocycles. The van der Waals surface area contributed by atoms with Gasteiger partial charge in [-0.3, -0.25) is 9.59 Å². The van der Waals surface area contributed by atoms with E-state index in [9.17, 15) is 14.0 Å². The Hall–Kier alpha value is -2.11. The molecule has 5 nitrogen and oxygen atoms in total. The zero-order valence-electron chi connectivity index (χ0n) is 12.7. The van der Waals surface area contributed by atoms with Gasteiger partial charge < -0.3 is 16.0 Å². The number of carbonyl (C=O) groups is 2. The average Bonchev–Trinajstić information content (AvgIpc) is 2.45. The van der Waals surface area contributed by atoms with Crippen LogP contribution in [0.3, 0.4) is 0 Å². The van der Waals surface area contributed by atoms with E-state index in [2.05, 4.69) is 5.32 Å². The van der Waals surface area contributed by atoms with Crippen LogP contribution in [0.2, 0.25) is 0 Å². The van der Waals surface area contributed by atoms with E-state index in [1.807, 2.05) is 13.8 Å². The summed E-state index contributed by atoms with van der Waals surface area (Å²) < 4.78 is 13.5. The maximum absolute atomic E-state index is 13.5. The van der Waals surface area contributed by atoms with Crippen molar-refractivity contribution in [1.29, 1.82) is 0 Å². The fourth-order valence-corrected chi connectivity index (χ4v) is 1.95.